The minimum atomic E-state index is -0.892. The topological polar surface area (TPSA) is 93.9 Å². The molecule has 0 spiro atoms. The summed E-state index contributed by atoms with van der Waals surface area (Å²) in [7, 11) is 3.12. The Morgan fingerprint density at radius 2 is 2.08 bits per heavy atom. The van der Waals surface area contributed by atoms with Gasteiger partial charge < -0.3 is 20.5 Å². The van der Waals surface area contributed by atoms with E-state index in [0.29, 0.717) is 19.5 Å². The molecule has 1 fully saturated rings. The Balaban J connectivity index is 1.97. The van der Waals surface area contributed by atoms with Gasteiger partial charge in [0, 0.05) is 19.2 Å². The zero-order valence-electron chi connectivity index (χ0n) is 14.2. The van der Waals surface area contributed by atoms with E-state index in [4.69, 9.17) is 15.2 Å². The van der Waals surface area contributed by atoms with Crippen LogP contribution in [0.1, 0.15) is 18.4 Å². The van der Waals surface area contributed by atoms with Crippen LogP contribution in [0.5, 0.6) is 5.75 Å². The first-order chi connectivity index (χ1) is 11.5. The molecule has 0 radical (unpaired) electrons. The predicted molar refractivity (Wildman–Crippen MR) is 89.4 cm³/mol. The number of primary amides is 1. The second kappa shape index (κ2) is 8.12. The molecule has 1 saturated heterocycles. The molecule has 1 aliphatic heterocycles. The van der Waals surface area contributed by atoms with Crippen molar-refractivity contribution in [2.45, 2.75) is 24.9 Å². The Labute approximate surface area is 142 Å². The molecule has 0 saturated carbocycles. The lowest BCUT2D eigenvalue weighted by Gasteiger charge is -2.34. The zero-order valence-corrected chi connectivity index (χ0v) is 14.2. The Morgan fingerprint density at radius 3 is 2.75 bits per heavy atom. The van der Waals surface area contributed by atoms with Gasteiger partial charge in [-0.3, -0.25) is 14.5 Å². The fourth-order valence-electron chi connectivity index (χ4n) is 3.19. The van der Waals surface area contributed by atoms with Gasteiger partial charge in [0.05, 0.1) is 20.3 Å². The first-order valence-corrected chi connectivity index (χ1v) is 7.96. The highest BCUT2D eigenvalue weighted by Crippen LogP contribution is 2.29. The number of carbonyl (C=O) groups excluding carboxylic acids is 2. The minimum Gasteiger partial charge on any atom is -0.496 e. The Bertz CT molecular complexity index is 593. The molecule has 1 heterocycles. The van der Waals surface area contributed by atoms with Crippen LogP contribution < -0.4 is 15.8 Å². The number of nitrogens with zero attached hydrogens (tertiary/aromatic N) is 1. The third kappa shape index (κ3) is 3.85. The third-order valence-corrected chi connectivity index (χ3v) is 4.47. The van der Waals surface area contributed by atoms with Gasteiger partial charge in [0.2, 0.25) is 11.8 Å². The Kier molecular flexibility index (Phi) is 6.16. The van der Waals surface area contributed by atoms with Crippen molar-refractivity contribution >= 4 is 11.8 Å². The van der Waals surface area contributed by atoms with Gasteiger partial charge in [0.15, 0.2) is 0 Å². The molecule has 0 aromatic heterocycles. The van der Waals surface area contributed by atoms with Crippen molar-refractivity contribution in [1.82, 2.24) is 10.2 Å². The minimum absolute atomic E-state index is 0.113. The lowest BCUT2D eigenvalue weighted by atomic mass is 9.96. The van der Waals surface area contributed by atoms with Crippen LogP contribution in [-0.4, -0.2) is 56.2 Å². The summed E-state index contributed by atoms with van der Waals surface area (Å²) in [5, 5.41) is 2.87. The zero-order chi connectivity index (χ0) is 17.6. The molecule has 1 aromatic carbocycles. The van der Waals surface area contributed by atoms with Gasteiger partial charge >= 0.3 is 0 Å². The first-order valence-electron chi connectivity index (χ1n) is 7.96. The number of rotatable bonds is 8. The van der Waals surface area contributed by atoms with E-state index in [-0.39, 0.29) is 19.1 Å². The highest BCUT2D eigenvalue weighted by molar-refractivity contribution is 5.86. The molecule has 0 aliphatic carbocycles. The fourth-order valence-corrected chi connectivity index (χ4v) is 3.19. The average molecular weight is 335 g/mol. The summed E-state index contributed by atoms with van der Waals surface area (Å²) in [6, 6.07) is 7.51. The van der Waals surface area contributed by atoms with Crippen molar-refractivity contribution in [1.29, 1.82) is 0 Å². The standard InChI is InChI=1S/C17H25N3O4/c1-23-12-17(16(18)22)8-5-9-20(17)11-15(21)19-10-13-6-3-4-7-14(13)24-2/h3-4,6-7H,5,8-12H2,1-2H3,(H2,18,22)(H,19,21). The van der Waals surface area contributed by atoms with E-state index in [2.05, 4.69) is 5.32 Å². The van der Waals surface area contributed by atoms with Crippen LogP contribution in [0.3, 0.4) is 0 Å². The van der Waals surface area contributed by atoms with Gasteiger partial charge in [0.1, 0.15) is 11.3 Å². The van der Waals surface area contributed by atoms with E-state index < -0.39 is 11.4 Å². The van der Waals surface area contributed by atoms with Crippen molar-refractivity contribution in [3.8, 4) is 5.75 Å². The largest absolute Gasteiger partial charge is 0.496 e. The van der Waals surface area contributed by atoms with Crippen LogP contribution in [0.4, 0.5) is 0 Å². The molecule has 1 atom stereocenters. The van der Waals surface area contributed by atoms with Gasteiger partial charge in [0.25, 0.3) is 0 Å². The quantitative estimate of drug-likeness (QED) is 0.712. The number of nitrogens with one attached hydrogen (secondary N) is 1. The van der Waals surface area contributed by atoms with Gasteiger partial charge in [-0.2, -0.15) is 0 Å². The molecule has 24 heavy (non-hydrogen) atoms. The second-order valence-electron chi connectivity index (χ2n) is 5.94. The van der Waals surface area contributed by atoms with Crippen LogP contribution >= 0.6 is 0 Å². The second-order valence-corrected chi connectivity index (χ2v) is 5.94. The fraction of sp³-hybridized carbons (Fsp3) is 0.529. The van der Waals surface area contributed by atoms with Gasteiger partial charge in [-0.05, 0) is 25.5 Å². The number of amides is 2. The van der Waals surface area contributed by atoms with E-state index in [1.54, 1.807) is 7.11 Å². The molecule has 2 amide bonds. The molecule has 1 unspecified atom stereocenters. The lowest BCUT2D eigenvalue weighted by Crippen LogP contribution is -2.58. The van der Waals surface area contributed by atoms with Crippen LogP contribution in [0.2, 0.25) is 0 Å². The molecule has 132 valence electrons. The molecule has 3 N–H and O–H groups in total. The van der Waals surface area contributed by atoms with E-state index in [1.165, 1.54) is 7.11 Å². The summed E-state index contributed by atoms with van der Waals surface area (Å²) in [5.74, 6) is 0.119. The summed E-state index contributed by atoms with van der Waals surface area (Å²) in [4.78, 5) is 26.0. The number of methoxy groups -OCH3 is 2. The van der Waals surface area contributed by atoms with Crippen molar-refractivity contribution in [3.05, 3.63) is 29.8 Å². The van der Waals surface area contributed by atoms with Crippen LogP contribution in [0.25, 0.3) is 0 Å². The molecule has 2 rings (SSSR count). The summed E-state index contributed by atoms with van der Waals surface area (Å²) < 4.78 is 10.4. The van der Waals surface area contributed by atoms with Crippen LogP contribution in [0, 0.1) is 0 Å². The van der Waals surface area contributed by atoms with Crippen molar-refractivity contribution in [3.63, 3.8) is 0 Å². The number of hydrogen-bond acceptors (Lipinski definition) is 5. The number of para-hydroxylation sites is 1. The van der Waals surface area contributed by atoms with Gasteiger partial charge in [-0.1, -0.05) is 18.2 Å². The summed E-state index contributed by atoms with van der Waals surface area (Å²) in [6.45, 7) is 1.32. The van der Waals surface area contributed by atoms with E-state index in [1.807, 2.05) is 29.2 Å². The monoisotopic (exact) mass is 335 g/mol. The smallest absolute Gasteiger partial charge is 0.240 e. The number of carbonyl (C=O) groups is 2. The van der Waals surface area contributed by atoms with Gasteiger partial charge in [-0.25, -0.2) is 0 Å². The van der Waals surface area contributed by atoms with Crippen LogP contribution in [0.15, 0.2) is 24.3 Å². The summed E-state index contributed by atoms with van der Waals surface area (Å²) in [6.07, 6.45) is 1.42. The lowest BCUT2D eigenvalue weighted by molar-refractivity contribution is -0.134. The Morgan fingerprint density at radius 1 is 1.33 bits per heavy atom. The normalized spacial score (nSPS) is 20.8. The van der Waals surface area contributed by atoms with E-state index in [0.717, 1.165) is 17.7 Å². The number of likely N-dealkylation sites (tertiary alicyclic amines) is 1. The first kappa shape index (κ1) is 18.2. The van der Waals surface area contributed by atoms with Crippen molar-refractivity contribution < 1.29 is 19.1 Å². The number of hydrogen-bond donors (Lipinski definition) is 2. The molecular formula is C17H25N3O4. The number of nitrogens with two attached hydrogens (primary N) is 1. The summed E-state index contributed by atoms with van der Waals surface area (Å²) >= 11 is 0. The predicted octanol–water partition coefficient (Wildman–Crippen LogP) is 0.278. The van der Waals surface area contributed by atoms with Crippen LogP contribution in [-0.2, 0) is 20.9 Å². The Hall–Kier alpha value is -2.12. The molecule has 1 aliphatic rings. The average Bonchev–Trinajstić information content (AvgIpc) is 2.97. The molecular weight excluding hydrogens is 310 g/mol. The van der Waals surface area contributed by atoms with Crippen molar-refractivity contribution in [2.75, 3.05) is 33.9 Å². The summed E-state index contributed by atoms with van der Waals surface area (Å²) in [5.41, 5.74) is 5.58. The maximum Gasteiger partial charge on any atom is 0.240 e. The van der Waals surface area contributed by atoms with Gasteiger partial charge in [-0.15, -0.1) is 0 Å². The van der Waals surface area contributed by atoms with E-state index in [9.17, 15) is 9.59 Å². The number of ether oxygens (including phenoxy) is 2. The maximum atomic E-state index is 12.3. The highest BCUT2D eigenvalue weighted by Gasteiger charge is 2.46. The molecule has 0 bridgehead atoms. The maximum absolute atomic E-state index is 12.3. The number of benzene rings is 1. The van der Waals surface area contributed by atoms with Crippen molar-refractivity contribution in [2.24, 2.45) is 5.73 Å². The third-order valence-electron chi connectivity index (χ3n) is 4.47. The highest BCUT2D eigenvalue weighted by atomic mass is 16.5. The molecule has 7 heteroatoms. The molecule has 7 nitrogen and oxygen atoms in total. The molecule has 1 aromatic rings. The van der Waals surface area contributed by atoms with E-state index >= 15 is 0 Å². The SMILES string of the molecule is COCC1(C(N)=O)CCCN1CC(=O)NCc1ccccc1OC.